The molecule has 130 valence electrons. The van der Waals surface area contributed by atoms with E-state index in [1.54, 1.807) is 29.0 Å². The van der Waals surface area contributed by atoms with Gasteiger partial charge in [-0.25, -0.2) is 4.98 Å². The van der Waals surface area contributed by atoms with Gasteiger partial charge in [0.15, 0.2) is 0 Å². The SMILES string of the molecule is CC(C)c1cc2c(c(=O)c3ccccc3n2C)c(=O)n1-c1ccccn1. The lowest BCUT2D eigenvalue weighted by Crippen LogP contribution is -2.28. The lowest BCUT2D eigenvalue weighted by atomic mass is 10.1. The Kier molecular flexibility index (Phi) is 3.72. The van der Waals surface area contributed by atoms with Crippen LogP contribution >= 0.6 is 0 Å². The molecule has 1 aromatic carbocycles. The van der Waals surface area contributed by atoms with E-state index < -0.39 is 0 Å². The van der Waals surface area contributed by atoms with Crippen molar-refractivity contribution >= 4 is 21.8 Å². The van der Waals surface area contributed by atoms with Crippen LogP contribution in [0.25, 0.3) is 27.6 Å². The monoisotopic (exact) mass is 345 g/mol. The fraction of sp³-hybridized carbons (Fsp3) is 0.190. The highest BCUT2D eigenvalue weighted by Gasteiger charge is 2.19. The molecule has 0 radical (unpaired) electrons. The Bertz CT molecular complexity index is 1250. The van der Waals surface area contributed by atoms with Gasteiger partial charge < -0.3 is 4.57 Å². The van der Waals surface area contributed by atoms with Crippen molar-refractivity contribution in [3.63, 3.8) is 0 Å². The number of para-hydroxylation sites is 1. The van der Waals surface area contributed by atoms with Gasteiger partial charge in [-0.15, -0.1) is 0 Å². The molecular formula is C21H19N3O2. The fourth-order valence-corrected chi connectivity index (χ4v) is 3.46. The molecule has 26 heavy (non-hydrogen) atoms. The van der Waals surface area contributed by atoms with E-state index in [2.05, 4.69) is 4.98 Å². The lowest BCUT2D eigenvalue weighted by Gasteiger charge is -2.18. The van der Waals surface area contributed by atoms with Gasteiger partial charge in [0, 0.05) is 24.3 Å². The van der Waals surface area contributed by atoms with Crippen molar-refractivity contribution in [1.82, 2.24) is 14.1 Å². The van der Waals surface area contributed by atoms with E-state index in [-0.39, 0.29) is 22.3 Å². The normalized spacial score (nSPS) is 11.5. The van der Waals surface area contributed by atoms with Crippen molar-refractivity contribution in [2.75, 3.05) is 0 Å². The van der Waals surface area contributed by atoms with Crippen molar-refractivity contribution in [3.8, 4) is 5.82 Å². The first-order chi connectivity index (χ1) is 12.5. The summed E-state index contributed by atoms with van der Waals surface area (Å²) in [5, 5.41) is 0.741. The Morgan fingerprint density at radius 3 is 2.38 bits per heavy atom. The van der Waals surface area contributed by atoms with Gasteiger partial charge in [0.1, 0.15) is 11.2 Å². The number of nitrogens with zero attached hydrogens (tertiary/aromatic N) is 3. The maximum Gasteiger partial charge on any atom is 0.269 e. The minimum absolute atomic E-state index is 0.0932. The van der Waals surface area contributed by atoms with Crippen LogP contribution in [0.2, 0.25) is 0 Å². The summed E-state index contributed by atoms with van der Waals surface area (Å²) in [6, 6.07) is 14.7. The molecule has 4 rings (SSSR count). The quantitative estimate of drug-likeness (QED) is 0.524. The molecule has 5 heteroatoms. The zero-order valence-electron chi connectivity index (χ0n) is 14.9. The van der Waals surface area contributed by atoms with E-state index in [0.717, 1.165) is 11.2 Å². The maximum atomic E-state index is 13.4. The molecule has 0 saturated carbocycles. The van der Waals surface area contributed by atoms with Gasteiger partial charge in [-0.2, -0.15) is 0 Å². The fourth-order valence-electron chi connectivity index (χ4n) is 3.46. The third-order valence-corrected chi connectivity index (χ3v) is 4.78. The second-order valence-corrected chi connectivity index (χ2v) is 6.72. The summed E-state index contributed by atoms with van der Waals surface area (Å²) in [5.41, 5.74) is 1.73. The van der Waals surface area contributed by atoms with Crippen LogP contribution in [0.3, 0.4) is 0 Å². The largest absolute Gasteiger partial charge is 0.343 e. The molecule has 0 atom stereocenters. The van der Waals surface area contributed by atoms with Crippen LogP contribution in [0.4, 0.5) is 0 Å². The molecule has 0 N–H and O–H groups in total. The van der Waals surface area contributed by atoms with Crippen molar-refractivity contribution in [2.24, 2.45) is 7.05 Å². The van der Waals surface area contributed by atoms with Crippen molar-refractivity contribution in [1.29, 1.82) is 0 Å². The average Bonchev–Trinajstić information content (AvgIpc) is 2.66. The first-order valence-corrected chi connectivity index (χ1v) is 8.59. The van der Waals surface area contributed by atoms with Gasteiger partial charge in [-0.05, 0) is 36.2 Å². The van der Waals surface area contributed by atoms with E-state index >= 15 is 0 Å². The Hall–Kier alpha value is -3.21. The summed E-state index contributed by atoms with van der Waals surface area (Å²) in [5.74, 6) is 0.619. The van der Waals surface area contributed by atoms with Crippen LogP contribution in [0.1, 0.15) is 25.5 Å². The second-order valence-electron chi connectivity index (χ2n) is 6.72. The number of benzene rings is 1. The molecular weight excluding hydrogens is 326 g/mol. The second kappa shape index (κ2) is 5.95. The van der Waals surface area contributed by atoms with E-state index in [0.29, 0.717) is 16.7 Å². The summed E-state index contributed by atoms with van der Waals surface area (Å²) in [7, 11) is 1.89. The zero-order valence-corrected chi connectivity index (χ0v) is 14.9. The van der Waals surface area contributed by atoms with Gasteiger partial charge in [0.05, 0.1) is 11.0 Å². The van der Waals surface area contributed by atoms with Crippen LogP contribution in [0.15, 0.2) is 64.3 Å². The molecule has 0 fully saturated rings. The predicted molar refractivity (Wildman–Crippen MR) is 104 cm³/mol. The number of aromatic nitrogens is 3. The van der Waals surface area contributed by atoms with E-state index in [9.17, 15) is 9.59 Å². The maximum absolute atomic E-state index is 13.4. The molecule has 4 aromatic rings. The molecule has 0 bridgehead atoms. The van der Waals surface area contributed by atoms with Crippen LogP contribution in [-0.2, 0) is 7.05 Å². The van der Waals surface area contributed by atoms with Gasteiger partial charge in [-0.3, -0.25) is 14.2 Å². The third-order valence-electron chi connectivity index (χ3n) is 4.78. The van der Waals surface area contributed by atoms with Gasteiger partial charge in [0.25, 0.3) is 5.56 Å². The van der Waals surface area contributed by atoms with Crippen LogP contribution in [0.5, 0.6) is 0 Å². The Morgan fingerprint density at radius 1 is 0.962 bits per heavy atom. The minimum atomic E-state index is -0.323. The molecule has 3 heterocycles. The van der Waals surface area contributed by atoms with Crippen molar-refractivity contribution in [3.05, 3.63) is 81.0 Å². The summed E-state index contributed by atoms with van der Waals surface area (Å²) in [4.78, 5) is 30.8. The number of rotatable bonds is 2. The van der Waals surface area contributed by atoms with E-state index in [4.69, 9.17) is 0 Å². The van der Waals surface area contributed by atoms with Crippen molar-refractivity contribution in [2.45, 2.75) is 19.8 Å². The molecule has 0 amide bonds. The molecule has 0 saturated heterocycles. The Labute approximate surface area is 150 Å². The summed E-state index contributed by atoms with van der Waals surface area (Å²) in [6.07, 6.45) is 1.65. The predicted octanol–water partition coefficient (Wildman–Crippen LogP) is 3.36. The summed E-state index contributed by atoms with van der Waals surface area (Å²) < 4.78 is 3.48. The van der Waals surface area contributed by atoms with E-state index in [1.807, 2.05) is 55.8 Å². The van der Waals surface area contributed by atoms with Crippen LogP contribution < -0.4 is 11.0 Å². The van der Waals surface area contributed by atoms with Crippen LogP contribution in [0, 0.1) is 0 Å². The molecule has 0 aliphatic carbocycles. The Balaban J connectivity index is 2.27. The molecule has 3 aromatic heterocycles. The highest BCUT2D eigenvalue weighted by Crippen LogP contribution is 2.22. The topological polar surface area (TPSA) is 56.9 Å². The number of pyridine rings is 3. The van der Waals surface area contributed by atoms with E-state index in [1.165, 1.54) is 0 Å². The first kappa shape index (κ1) is 16.3. The third kappa shape index (κ3) is 2.28. The van der Waals surface area contributed by atoms with Gasteiger partial charge in [-0.1, -0.05) is 32.0 Å². The van der Waals surface area contributed by atoms with Gasteiger partial charge in [0.2, 0.25) is 5.43 Å². The summed E-state index contributed by atoms with van der Waals surface area (Å²) in [6.45, 7) is 4.05. The minimum Gasteiger partial charge on any atom is -0.343 e. The molecule has 5 nitrogen and oxygen atoms in total. The number of hydrogen-bond donors (Lipinski definition) is 0. The lowest BCUT2D eigenvalue weighted by molar-refractivity contribution is 0.751. The molecule has 0 aliphatic rings. The molecule has 0 aliphatic heterocycles. The number of fused-ring (bicyclic) bond motifs is 2. The van der Waals surface area contributed by atoms with Crippen molar-refractivity contribution < 1.29 is 0 Å². The van der Waals surface area contributed by atoms with Gasteiger partial charge >= 0.3 is 0 Å². The Morgan fingerprint density at radius 2 is 1.69 bits per heavy atom. The van der Waals surface area contributed by atoms with Crippen LogP contribution in [-0.4, -0.2) is 14.1 Å². The molecule has 0 spiro atoms. The number of hydrogen-bond acceptors (Lipinski definition) is 3. The zero-order chi connectivity index (χ0) is 18.4. The number of aryl methyl sites for hydroxylation is 1. The smallest absolute Gasteiger partial charge is 0.269 e. The summed E-state index contributed by atoms with van der Waals surface area (Å²) >= 11 is 0. The average molecular weight is 345 g/mol. The highest BCUT2D eigenvalue weighted by atomic mass is 16.1. The first-order valence-electron chi connectivity index (χ1n) is 8.59. The molecule has 0 unspecified atom stereocenters. The highest BCUT2D eigenvalue weighted by molar-refractivity contribution is 5.93. The standard InChI is InChI=1S/C21H19N3O2/c1-13(2)16-12-17-19(21(26)24(16)18-10-6-7-11-22-18)20(25)14-8-4-5-9-15(14)23(17)3/h4-13H,1-3H3.